The number of nitrogens with zero attached hydrogens (tertiary/aromatic N) is 13. The van der Waals surface area contributed by atoms with Crippen LogP contribution in [0.5, 0.6) is 5.75 Å². The zero-order valence-electron chi connectivity index (χ0n) is 44.9. The second kappa shape index (κ2) is 22.8. The fourth-order valence-electron chi connectivity index (χ4n) is 10.3. The molecule has 1 atom stereocenters. The molecule has 0 aliphatic carbocycles. The van der Waals surface area contributed by atoms with Gasteiger partial charge in [0.2, 0.25) is 11.9 Å². The summed E-state index contributed by atoms with van der Waals surface area (Å²) in [6.07, 6.45) is 5.81. The van der Waals surface area contributed by atoms with Gasteiger partial charge < -0.3 is 29.7 Å². The zero-order valence-corrected chi connectivity index (χ0v) is 44.9. The number of pyridine rings is 3. The van der Waals surface area contributed by atoms with Crippen LogP contribution in [0, 0.1) is 37.1 Å². The number of halogens is 4. The first-order chi connectivity index (χ1) is 37.3. The number of phenolic OH excluding ortho intramolecular Hbond substituents is 1. The molecule has 78 heavy (non-hydrogen) atoms. The molecule has 1 unspecified atom stereocenters. The number of carbonyl (C=O) groups is 1. The van der Waals surface area contributed by atoms with Crippen LogP contribution in [0.4, 0.5) is 35.1 Å². The number of likely N-dealkylation sites (N-methyl/N-ethyl adjacent to an activating group) is 1. The van der Waals surface area contributed by atoms with Crippen molar-refractivity contribution in [2.75, 3.05) is 62.6 Å². The predicted molar refractivity (Wildman–Crippen MR) is 293 cm³/mol. The Labute approximate surface area is 449 Å². The minimum atomic E-state index is -0.897. The summed E-state index contributed by atoms with van der Waals surface area (Å²) in [4.78, 5) is 65.1. The molecule has 1 amide bonds. The molecule has 17 nitrogen and oxygen atoms in total. The lowest BCUT2D eigenvalue weighted by molar-refractivity contribution is -0.126. The summed E-state index contributed by atoms with van der Waals surface area (Å²) >= 11 is 0. The smallest absolute Gasteiger partial charge is 0.355 e. The van der Waals surface area contributed by atoms with Crippen molar-refractivity contribution in [3.8, 4) is 34.0 Å². The van der Waals surface area contributed by atoms with Gasteiger partial charge in [0.15, 0.2) is 23.1 Å². The molecule has 8 aromatic rings. The van der Waals surface area contributed by atoms with Crippen LogP contribution in [0.1, 0.15) is 76.1 Å². The Kier molecular flexibility index (Phi) is 16.0. The van der Waals surface area contributed by atoms with E-state index in [1.807, 2.05) is 76.3 Å². The number of hydrogen-bond acceptors (Lipinski definition) is 14. The number of anilines is 3. The van der Waals surface area contributed by atoms with E-state index in [4.69, 9.17) is 0 Å². The number of benzene rings is 2. The maximum Gasteiger partial charge on any atom is 0.355 e. The molecule has 2 aliphatic rings. The van der Waals surface area contributed by atoms with Crippen LogP contribution in [0.3, 0.4) is 0 Å². The number of nitrogens with one attached hydrogen (secondary N) is 1. The van der Waals surface area contributed by atoms with Gasteiger partial charge in [-0.3, -0.25) is 14.7 Å². The lowest BCUT2D eigenvalue weighted by Crippen LogP contribution is -2.54. The van der Waals surface area contributed by atoms with Crippen LogP contribution in [0.2, 0.25) is 0 Å². The maximum atomic E-state index is 15.8. The first-order valence-corrected chi connectivity index (χ1v) is 26.0. The van der Waals surface area contributed by atoms with Crippen LogP contribution in [-0.2, 0) is 11.3 Å². The Morgan fingerprint density at radius 2 is 1.59 bits per heavy atom. The summed E-state index contributed by atoms with van der Waals surface area (Å²) in [5.41, 5.74) is 2.59. The number of carbonyl (C=O) groups excluding carboxylic acids is 1. The largest absolute Gasteiger partial charge is 0.507 e. The highest BCUT2D eigenvalue weighted by atomic mass is 19.1. The van der Waals surface area contributed by atoms with Crippen molar-refractivity contribution in [2.24, 2.45) is 0 Å². The zero-order chi connectivity index (χ0) is 55.7. The Morgan fingerprint density at radius 1 is 0.833 bits per heavy atom. The van der Waals surface area contributed by atoms with Crippen molar-refractivity contribution in [1.29, 1.82) is 0 Å². The van der Waals surface area contributed by atoms with Crippen molar-refractivity contribution < 1.29 is 27.5 Å². The third-order valence-corrected chi connectivity index (χ3v) is 14.2. The first-order valence-electron chi connectivity index (χ1n) is 26.0. The van der Waals surface area contributed by atoms with Gasteiger partial charge in [0.25, 0.3) is 0 Å². The van der Waals surface area contributed by atoms with Gasteiger partial charge in [0, 0.05) is 82.4 Å². The standard InChI is InChI=1S/C30H30F2N6O3.C27H32F2N8/c1-6-23(40)36-12-13-37(18(5)15-36)28-19-14-21(32)26(24-20(31)8-7-9-22(24)39)34-29(19)38(30(41)35-28)27-17(4)10-11-33-25(27)16(2)3;1-5-35-8-10-36(11-9-35)16-19-6-7-24(30-14-19)33-27-31-15-22(29)25(34-27)20-12-21(28)26-23(13-20)37(17(2)3)18(4)32-26/h6-11,14,16,18,39H,1,12-13,15H2,2-5H3;6-7,12-15,17H,5,8-11,16H2,1-4H3,(H,30,31,33,34). The fraction of sp³-hybridized carbons (Fsp3) is 0.351. The molecule has 8 heterocycles. The third-order valence-electron chi connectivity index (χ3n) is 14.2. The molecular weight excluding hydrogens is 1000 g/mol. The van der Waals surface area contributed by atoms with Gasteiger partial charge in [-0.15, -0.1) is 0 Å². The van der Waals surface area contributed by atoms with E-state index in [1.54, 1.807) is 23.2 Å². The van der Waals surface area contributed by atoms with Crippen molar-refractivity contribution >= 4 is 45.6 Å². The van der Waals surface area contributed by atoms with Crippen LogP contribution in [0.25, 0.3) is 50.3 Å². The van der Waals surface area contributed by atoms with Gasteiger partial charge in [0.1, 0.15) is 45.9 Å². The lowest BCUT2D eigenvalue weighted by Gasteiger charge is -2.40. The molecule has 0 bridgehead atoms. The van der Waals surface area contributed by atoms with E-state index in [0.29, 0.717) is 59.3 Å². The number of piperazine rings is 2. The normalized spacial score (nSPS) is 15.3. The van der Waals surface area contributed by atoms with Crippen LogP contribution >= 0.6 is 0 Å². The quantitative estimate of drug-likeness (QED) is 0.0873. The summed E-state index contributed by atoms with van der Waals surface area (Å²) in [6.45, 7) is 26.3. The minimum absolute atomic E-state index is 0.00954. The number of aromatic hydroxyl groups is 1. The SMILES string of the molecule is C=CC(=O)N1CCN(c2nc(=O)n(-c3c(C)ccnc3C(C)C)c3nc(-c4c(O)cccc4F)c(F)cc23)C(C)C1.CCN1CCN(Cc2ccc(Nc3ncc(F)c(-c4cc(F)c5nc(C)n(C(C)C)c5c4)n3)nc2)CC1. The molecular formula is C57H62F4N14O3. The van der Waals surface area contributed by atoms with Gasteiger partial charge in [-0.1, -0.05) is 39.5 Å². The molecule has 406 valence electrons. The molecule has 2 N–H and O–H groups in total. The molecule has 21 heteroatoms. The van der Waals surface area contributed by atoms with Crippen molar-refractivity contribution in [2.45, 2.75) is 79.9 Å². The number of rotatable bonds is 12. The second-order valence-corrected chi connectivity index (χ2v) is 20.2. The van der Waals surface area contributed by atoms with Crippen LogP contribution in [-0.4, -0.2) is 128 Å². The van der Waals surface area contributed by atoms with E-state index in [2.05, 4.69) is 63.5 Å². The monoisotopic (exact) mass is 1070 g/mol. The molecule has 0 saturated carbocycles. The van der Waals surface area contributed by atoms with E-state index in [9.17, 15) is 27.9 Å². The van der Waals surface area contributed by atoms with E-state index in [-0.39, 0.29) is 57.9 Å². The fourth-order valence-corrected chi connectivity index (χ4v) is 10.3. The van der Waals surface area contributed by atoms with Crippen molar-refractivity contribution in [1.82, 2.24) is 58.7 Å². The highest BCUT2D eigenvalue weighted by Crippen LogP contribution is 2.37. The number of fused-ring (bicyclic) bond motifs is 2. The Balaban J connectivity index is 0.000000191. The second-order valence-electron chi connectivity index (χ2n) is 20.2. The van der Waals surface area contributed by atoms with Crippen LogP contribution < -0.4 is 15.9 Å². The Bertz CT molecular complexity index is 3600. The van der Waals surface area contributed by atoms with Crippen molar-refractivity contribution in [3.05, 3.63) is 142 Å². The summed E-state index contributed by atoms with van der Waals surface area (Å²) in [5.74, 6) is -2.07. The van der Waals surface area contributed by atoms with Crippen LogP contribution in [0.15, 0.2) is 90.6 Å². The van der Waals surface area contributed by atoms with E-state index < -0.39 is 46.0 Å². The summed E-state index contributed by atoms with van der Waals surface area (Å²) in [7, 11) is 0. The number of imidazole rings is 1. The lowest BCUT2D eigenvalue weighted by atomic mass is 10.0. The van der Waals surface area contributed by atoms with E-state index in [1.165, 1.54) is 28.8 Å². The summed E-state index contributed by atoms with van der Waals surface area (Å²) in [5, 5.41) is 13.7. The molecule has 2 aromatic carbocycles. The summed E-state index contributed by atoms with van der Waals surface area (Å²) < 4.78 is 63.6. The molecule has 0 spiro atoms. The Hall–Kier alpha value is -8.17. The van der Waals surface area contributed by atoms with Crippen molar-refractivity contribution in [3.63, 3.8) is 0 Å². The maximum absolute atomic E-state index is 15.8. The Morgan fingerprint density at radius 3 is 2.26 bits per heavy atom. The highest BCUT2D eigenvalue weighted by Gasteiger charge is 2.31. The summed E-state index contributed by atoms with van der Waals surface area (Å²) in [6, 6.07) is 13.2. The van der Waals surface area contributed by atoms with E-state index >= 15 is 4.39 Å². The number of aromatic nitrogens is 9. The molecule has 2 saturated heterocycles. The predicted octanol–water partition coefficient (Wildman–Crippen LogP) is 9.42. The number of aryl methyl sites for hydroxylation is 2. The minimum Gasteiger partial charge on any atom is -0.507 e. The van der Waals surface area contributed by atoms with Gasteiger partial charge in [0.05, 0.1) is 34.0 Å². The number of amides is 1. The average Bonchev–Trinajstić information content (AvgIpc) is 3.84. The average molecular weight is 1070 g/mol. The topological polar surface area (TPSA) is 179 Å². The van der Waals surface area contributed by atoms with Gasteiger partial charge >= 0.3 is 5.69 Å². The van der Waals surface area contributed by atoms with E-state index in [0.717, 1.165) is 63.2 Å². The number of phenols is 1. The van der Waals surface area contributed by atoms with Gasteiger partial charge in [-0.25, -0.2) is 51.8 Å². The molecule has 2 aliphatic heterocycles. The van der Waals surface area contributed by atoms with Gasteiger partial charge in [-0.2, -0.15) is 4.98 Å². The molecule has 10 rings (SSSR count). The molecule has 2 fully saturated rings. The molecule has 0 radical (unpaired) electrons. The first kappa shape index (κ1) is 54.6. The number of hydrogen-bond donors (Lipinski definition) is 2. The highest BCUT2D eigenvalue weighted by molar-refractivity contribution is 5.92. The van der Waals surface area contributed by atoms with Gasteiger partial charge in [-0.05, 0) is 107 Å². The molecule has 6 aromatic heterocycles. The third kappa shape index (κ3) is 11.0.